The monoisotopic (exact) mass is 546 g/mol. The summed E-state index contributed by atoms with van der Waals surface area (Å²) in [4.78, 5) is 31.2. The molecule has 6 heteroatoms. The summed E-state index contributed by atoms with van der Waals surface area (Å²) >= 11 is 0. The standard InChI is InChI=1S/C35H34N2O4/c1-23-30(14-9-17-36-23)37-32(39)25-15-16-29-28(18-25)31(38)19-27-21-35(41,26-12-7-4-8-13-26)33(2,40)22-34(27,29)20-24-10-5-3-6-11-24/h3-18,27,40-41H,19-22H2,1-2H3,(H,37,39). The van der Waals surface area contributed by atoms with Crippen molar-refractivity contribution in [3.8, 4) is 0 Å². The van der Waals surface area contributed by atoms with E-state index in [0.717, 1.165) is 11.1 Å². The summed E-state index contributed by atoms with van der Waals surface area (Å²) in [5.41, 5.74) is 1.16. The van der Waals surface area contributed by atoms with E-state index in [1.54, 1.807) is 37.4 Å². The maximum Gasteiger partial charge on any atom is 0.255 e. The van der Waals surface area contributed by atoms with Crippen LogP contribution in [0, 0.1) is 12.8 Å². The third-order valence-corrected chi connectivity index (χ3v) is 9.29. The van der Waals surface area contributed by atoms with Crippen molar-refractivity contribution >= 4 is 17.4 Å². The van der Waals surface area contributed by atoms with Crippen LogP contribution in [0.2, 0.25) is 0 Å². The number of nitrogens with zero attached hydrogens (tertiary/aromatic N) is 1. The minimum Gasteiger partial charge on any atom is -0.387 e. The average molecular weight is 547 g/mol. The number of amides is 1. The predicted molar refractivity (Wildman–Crippen MR) is 158 cm³/mol. The van der Waals surface area contributed by atoms with Crippen molar-refractivity contribution < 1.29 is 19.8 Å². The lowest BCUT2D eigenvalue weighted by atomic mass is 9.48. The van der Waals surface area contributed by atoms with Gasteiger partial charge in [0, 0.05) is 29.2 Å². The number of aromatic nitrogens is 1. The highest BCUT2D eigenvalue weighted by Crippen LogP contribution is 2.59. The highest BCUT2D eigenvalue weighted by atomic mass is 16.4. The number of fused-ring (bicyclic) bond motifs is 3. The van der Waals surface area contributed by atoms with Crippen LogP contribution in [0.15, 0.2) is 97.2 Å². The number of anilines is 1. The maximum atomic E-state index is 13.7. The molecule has 1 amide bonds. The fraction of sp³-hybridized carbons (Fsp3) is 0.286. The van der Waals surface area contributed by atoms with Crippen LogP contribution in [0.3, 0.4) is 0 Å². The molecule has 41 heavy (non-hydrogen) atoms. The third kappa shape index (κ3) is 4.57. The minimum atomic E-state index is -1.52. The Morgan fingerprint density at radius 2 is 1.68 bits per heavy atom. The van der Waals surface area contributed by atoms with Gasteiger partial charge in [0.15, 0.2) is 5.78 Å². The van der Waals surface area contributed by atoms with Crippen molar-refractivity contribution in [2.45, 2.75) is 56.1 Å². The van der Waals surface area contributed by atoms with E-state index in [4.69, 9.17) is 0 Å². The molecule has 0 spiro atoms. The molecule has 0 aliphatic heterocycles. The van der Waals surface area contributed by atoms with Crippen LogP contribution in [-0.4, -0.2) is 32.5 Å². The van der Waals surface area contributed by atoms with E-state index in [9.17, 15) is 19.8 Å². The Bertz CT molecular complexity index is 1620. The van der Waals surface area contributed by atoms with Gasteiger partial charge in [0.05, 0.1) is 17.0 Å². The molecule has 6 rings (SSSR count). The smallest absolute Gasteiger partial charge is 0.255 e. The van der Waals surface area contributed by atoms with Crippen LogP contribution in [0.25, 0.3) is 0 Å². The number of carbonyl (C=O) groups excluding carboxylic acids is 2. The summed E-state index contributed by atoms with van der Waals surface area (Å²) in [6.07, 6.45) is 2.98. The number of nitrogens with one attached hydrogen (secondary N) is 1. The molecule has 1 fully saturated rings. The molecule has 0 saturated heterocycles. The zero-order valence-corrected chi connectivity index (χ0v) is 23.3. The van der Waals surface area contributed by atoms with Crippen molar-refractivity contribution in [2.75, 3.05) is 5.32 Å². The minimum absolute atomic E-state index is 0.0575. The highest BCUT2D eigenvalue weighted by Gasteiger charge is 2.62. The van der Waals surface area contributed by atoms with Gasteiger partial charge in [0.25, 0.3) is 5.91 Å². The molecule has 4 unspecified atom stereocenters. The fourth-order valence-corrected chi connectivity index (χ4v) is 7.16. The molecule has 2 aliphatic carbocycles. The number of carbonyl (C=O) groups is 2. The molecule has 1 aromatic heterocycles. The summed E-state index contributed by atoms with van der Waals surface area (Å²) in [6.45, 7) is 3.53. The number of hydrogen-bond donors (Lipinski definition) is 3. The molecule has 1 saturated carbocycles. The maximum absolute atomic E-state index is 13.7. The Morgan fingerprint density at radius 1 is 0.976 bits per heavy atom. The lowest BCUT2D eigenvalue weighted by Gasteiger charge is -2.59. The van der Waals surface area contributed by atoms with Gasteiger partial charge in [-0.3, -0.25) is 14.6 Å². The SMILES string of the molecule is Cc1ncccc1NC(=O)c1ccc2c(c1)C(=O)CC1CC(O)(c3ccccc3)C(C)(O)CC21Cc1ccccc1. The number of Topliss-reactive ketones (excluding diaryl/α,β-unsaturated/α-hetero) is 1. The van der Waals surface area contributed by atoms with Gasteiger partial charge in [-0.2, -0.15) is 0 Å². The van der Waals surface area contributed by atoms with Crippen LogP contribution in [0.5, 0.6) is 0 Å². The van der Waals surface area contributed by atoms with Crippen molar-refractivity contribution in [2.24, 2.45) is 5.92 Å². The van der Waals surface area contributed by atoms with E-state index >= 15 is 0 Å². The Labute approximate surface area is 240 Å². The van der Waals surface area contributed by atoms with E-state index in [2.05, 4.69) is 22.4 Å². The van der Waals surface area contributed by atoms with Crippen molar-refractivity contribution in [1.82, 2.24) is 4.98 Å². The van der Waals surface area contributed by atoms with Crippen LogP contribution in [-0.2, 0) is 17.4 Å². The zero-order chi connectivity index (χ0) is 28.8. The van der Waals surface area contributed by atoms with Gasteiger partial charge in [-0.05, 0) is 80.0 Å². The Hall–Kier alpha value is -4.13. The molecule has 3 N–H and O–H groups in total. The van der Waals surface area contributed by atoms with Gasteiger partial charge < -0.3 is 15.5 Å². The first-order valence-corrected chi connectivity index (χ1v) is 14.1. The first-order valence-electron chi connectivity index (χ1n) is 14.1. The summed E-state index contributed by atoms with van der Waals surface area (Å²) in [5.74, 6) is -0.589. The zero-order valence-electron chi connectivity index (χ0n) is 23.3. The largest absolute Gasteiger partial charge is 0.387 e. The second-order valence-electron chi connectivity index (χ2n) is 11.9. The molecule has 208 valence electrons. The summed E-state index contributed by atoms with van der Waals surface area (Å²) in [6, 6.07) is 28.2. The van der Waals surface area contributed by atoms with Crippen LogP contribution < -0.4 is 5.32 Å². The Balaban J connectivity index is 1.45. The topological polar surface area (TPSA) is 99.5 Å². The molecule has 6 nitrogen and oxygen atoms in total. The van der Waals surface area contributed by atoms with Crippen molar-refractivity contribution in [3.63, 3.8) is 0 Å². The van der Waals surface area contributed by atoms with Gasteiger partial charge >= 0.3 is 0 Å². The first kappa shape index (κ1) is 27.1. The molecule has 4 aromatic rings. The third-order valence-electron chi connectivity index (χ3n) is 9.29. The summed E-state index contributed by atoms with van der Waals surface area (Å²) in [7, 11) is 0. The van der Waals surface area contributed by atoms with E-state index in [0.29, 0.717) is 34.5 Å². The quantitative estimate of drug-likeness (QED) is 0.296. The normalized spacial score (nSPS) is 27.0. The molecular weight excluding hydrogens is 512 g/mol. The van der Waals surface area contributed by atoms with E-state index in [1.165, 1.54) is 0 Å². The van der Waals surface area contributed by atoms with Crippen LogP contribution in [0.1, 0.15) is 69.3 Å². The number of pyridine rings is 1. The number of hydrogen-bond acceptors (Lipinski definition) is 5. The second kappa shape index (κ2) is 10.1. The highest BCUT2D eigenvalue weighted by molar-refractivity contribution is 6.07. The molecule has 0 bridgehead atoms. The van der Waals surface area contributed by atoms with Crippen LogP contribution >= 0.6 is 0 Å². The Kier molecular flexibility index (Phi) is 6.63. The summed E-state index contributed by atoms with van der Waals surface area (Å²) in [5, 5.41) is 27.0. The second-order valence-corrected chi connectivity index (χ2v) is 11.9. The van der Waals surface area contributed by atoms with E-state index in [1.807, 2.05) is 61.5 Å². The average Bonchev–Trinajstić information content (AvgIpc) is 2.97. The van der Waals surface area contributed by atoms with Gasteiger partial charge in [-0.1, -0.05) is 66.7 Å². The van der Waals surface area contributed by atoms with Crippen molar-refractivity contribution in [3.05, 3.63) is 131 Å². The van der Waals surface area contributed by atoms with E-state index in [-0.39, 0.29) is 36.9 Å². The number of benzene rings is 3. The van der Waals surface area contributed by atoms with E-state index < -0.39 is 16.6 Å². The first-order chi connectivity index (χ1) is 19.6. The molecule has 4 atom stereocenters. The Morgan fingerprint density at radius 3 is 2.39 bits per heavy atom. The molecule has 1 heterocycles. The van der Waals surface area contributed by atoms with Gasteiger partial charge in [0.1, 0.15) is 5.60 Å². The lowest BCUT2D eigenvalue weighted by Crippen LogP contribution is -2.63. The molecule has 2 aliphatic rings. The van der Waals surface area contributed by atoms with Crippen molar-refractivity contribution in [1.29, 1.82) is 0 Å². The molecule has 3 aromatic carbocycles. The number of aliphatic hydroxyl groups is 2. The fourth-order valence-electron chi connectivity index (χ4n) is 7.16. The lowest BCUT2D eigenvalue weighted by molar-refractivity contribution is -0.203. The predicted octanol–water partition coefficient (Wildman–Crippen LogP) is 5.76. The number of rotatable bonds is 5. The number of ketones is 1. The van der Waals surface area contributed by atoms with Gasteiger partial charge in [-0.15, -0.1) is 0 Å². The van der Waals surface area contributed by atoms with Crippen LogP contribution in [0.4, 0.5) is 5.69 Å². The summed E-state index contributed by atoms with van der Waals surface area (Å²) < 4.78 is 0. The van der Waals surface area contributed by atoms with Gasteiger partial charge in [0.2, 0.25) is 0 Å². The molecular formula is C35H34N2O4. The molecule has 0 radical (unpaired) electrons. The number of aryl methyl sites for hydroxylation is 1. The van der Waals surface area contributed by atoms with Gasteiger partial charge in [-0.25, -0.2) is 0 Å².